The van der Waals surface area contributed by atoms with Crippen molar-refractivity contribution in [3.63, 3.8) is 0 Å². The number of morpholine rings is 1. The van der Waals surface area contributed by atoms with Gasteiger partial charge in [0.15, 0.2) is 6.23 Å². The molecule has 38 heavy (non-hydrogen) atoms. The fourth-order valence-electron chi connectivity index (χ4n) is 3.83. The van der Waals surface area contributed by atoms with E-state index >= 15 is 0 Å². The number of hydrogen-bond donors (Lipinski definition) is 4. The van der Waals surface area contributed by atoms with Crippen LogP contribution in [0.2, 0.25) is 0 Å². The third kappa shape index (κ3) is 7.82. The predicted octanol–water partition coefficient (Wildman–Crippen LogP) is 3.73. The number of nitrogens with zero attached hydrogens (tertiary/aromatic N) is 1. The Kier molecular flexibility index (Phi) is 10.7. The van der Waals surface area contributed by atoms with Crippen molar-refractivity contribution >= 4 is 17.6 Å². The molecular formula is C28H36N4O6. The summed E-state index contributed by atoms with van der Waals surface area (Å²) >= 11 is 0. The maximum atomic E-state index is 12.6. The van der Waals surface area contributed by atoms with Crippen LogP contribution < -0.4 is 25.6 Å². The van der Waals surface area contributed by atoms with Gasteiger partial charge < -0.3 is 29.5 Å². The molecule has 1 heterocycles. The Bertz CT molecular complexity index is 1110. The number of aliphatic hydroxyl groups excluding tert-OH is 1. The quantitative estimate of drug-likeness (QED) is 0.190. The van der Waals surface area contributed by atoms with E-state index in [1.54, 1.807) is 53.5 Å². The fraction of sp³-hybridized carbons (Fsp3) is 0.357. The molecule has 2 aromatic rings. The van der Waals surface area contributed by atoms with Gasteiger partial charge in [0.2, 0.25) is 0 Å². The number of rotatable bonds is 12. The molecule has 10 heteroatoms. The van der Waals surface area contributed by atoms with Crippen LogP contribution in [-0.4, -0.2) is 61.5 Å². The summed E-state index contributed by atoms with van der Waals surface area (Å²) in [4.78, 5) is 26.8. The van der Waals surface area contributed by atoms with Gasteiger partial charge >= 0.3 is 6.03 Å². The monoisotopic (exact) mass is 524 g/mol. The standard InChI is InChI=1S/C28H36N4O6/c1-5-13-37-24-18-25(38-14-6-2)23(17-22(24)19(3)4)26(33)30-31-28(35)29-21-9-7-20(8-10-21)27(34)32-11-15-36-16-12-32/h5-10,17-19,26,30,33H,1-2,11-16H2,3-4H3,(H2,29,31,35). The number of hydrogen-bond acceptors (Lipinski definition) is 7. The molecule has 1 saturated heterocycles. The van der Waals surface area contributed by atoms with Crippen molar-refractivity contribution in [2.75, 3.05) is 44.8 Å². The van der Waals surface area contributed by atoms with Gasteiger partial charge in [-0.1, -0.05) is 39.2 Å². The summed E-state index contributed by atoms with van der Waals surface area (Å²) in [6, 6.07) is 9.49. The van der Waals surface area contributed by atoms with Gasteiger partial charge in [0.1, 0.15) is 24.7 Å². The van der Waals surface area contributed by atoms with Gasteiger partial charge in [-0.15, -0.1) is 0 Å². The predicted molar refractivity (Wildman–Crippen MR) is 145 cm³/mol. The van der Waals surface area contributed by atoms with Crippen molar-refractivity contribution in [2.45, 2.75) is 26.0 Å². The molecule has 0 aliphatic carbocycles. The summed E-state index contributed by atoms with van der Waals surface area (Å²) in [7, 11) is 0. The number of nitrogens with one attached hydrogen (secondary N) is 3. The summed E-state index contributed by atoms with van der Waals surface area (Å²) in [6.07, 6.45) is 1.96. The first-order valence-corrected chi connectivity index (χ1v) is 12.5. The number of aliphatic hydroxyl groups is 1. The summed E-state index contributed by atoms with van der Waals surface area (Å²) in [5, 5.41) is 13.5. The van der Waals surface area contributed by atoms with Crippen LogP contribution in [-0.2, 0) is 4.74 Å². The third-order valence-corrected chi connectivity index (χ3v) is 5.78. The Morgan fingerprint density at radius 2 is 1.63 bits per heavy atom. The molecule has 1 aliphatic rings. The van der Waals surface area contributed by atoms with Crippen molar-refractivity contribution in [3.8, 4) is 11.5 Å². The van der Waals surface area contributed by atoms with E-state index in [-0.39, 0.29) is 18.4 Å². The lowest BCUT2D eigenvalue weighted by atomic mass is 9.98. The maximum Gasteiger partial charge on any atom is 0.333 e. The van der Waals surface area contributed by atoms with Gasteiger partial charge in [0.05, 0.1) is 13.2 Å². The van der Waals surface area contributed by atoms with Crippen LogP contribution in [0.25, 0.3) is 0 Å². The lowest BCUT2D eigenvalue weighted by molar-refractivity contribution is 0.0303. The van der Waals surface area contributed by atoms with E-state index < -0.39 is 12.3 Å². The lowest BCUT2D eigenvalue weighted by Crippen LogP contribution is -2.42. The number of carbonyl (C=O) groups is 2. The smallest absolute Gasteiger partial charge is 0.333 e. The molecule has 2 aromatic carbocycles. The number of ether oxygens (including phenoxy) is 3. The minimum atomic E-state index is -1.28. The van der Waals surface area contributed by atoms with Crippen molar-refractivity contribution in [1.82, 2.24) is 15.8 Å². The molecule has 1 unspecified atom stereocenters. The van der Waals surface area contributed by atoms with Crippen LogP contribution in [0.4, 0.5) is 10.5 Å². The highest BCUT2D eigenvalue weighted by atomic mass is 16.5. The largest absolute Gasteiger partial charge is 0.489 e. The Morgan fingerprint density at radius 1 is 1.03 bits per heavy atom. The molecule has 0 radical (unpaired) electrons. The summed E-state index contributed by atoms with van der Waals surface area (Å²) in [5.41, 5.74) is 7.34. The second-order valence-electron chi connectivity index (χ2n) is 8.89. The van der Waals surface area contributed by atoms with Gasteiger partial charge in [-0.2, -0.15) is 0 Å². The summed E-state index contributed by atoms with van der Waals surface area (Å²) in [5.74, 6) is 1.03. The minimum Gasteiger partial charge on any atom is -0.489 e. The van der Waals surface area contributed by atoms with Crippen LogP contribution in [0.15, 0.2) is 61.7 Å². The van der Waals surface area contributed by atoms with Crippen LogP contribution in [0.5, 0.6) is 11.5 Å². The van der Waals surface area contributed by atoms with Gasteiger partial charge in [-0.25, -0.2) is 10.2 Å². The average molecular weight is 525 g/mol. The first kappa shape index (κ1) is 28.7. The third-order valence-electron chi connectivity index (χ3n) is 5.78. The Morgan fingerprint density at radius 3 is 2.21 bits per heavy atom. The second kappa shape index (κ2) is 14.2. The van der Waals surface area contributed by atoms with E-state index in [1.165, 1.54) is 0 Å². The summed E-state index contributed by atoms with van der Waals surface area (Å²) < 4.78 is 16.8. The highest BCUT2D eigenvalue weighted by Gasteiger charge is 2.21. The van der Waals surface area contributed by atoms with E-state index in [9.17, 15) is 14.7 Å². The Labute approximate surface area is 223 Å². The Balaban J connectivity index is 1.64. The molecule has 10 nitrogen and oxygen atoms in total. The molecule has 0 aromatic heterocycles. The van der Waals surface area contributed by atoms with Crippen molar-refractivity contribution in [1.29, 1.82) is 0 Å². The number of anilines is 1. The maximum absolute atomic E-state index is 12.6. The number of amides is 3. The first-order valence-electron chi connectivity index (χ1n) is 12.5. The van der Waals surface area contributed by atoms with E-state index in [0.717, 1.165) is 5.56 Å². The first-order chi connectivity index (χ1) is 18.3. The highest BCUT2D eigenvalue weighted by Crippen LogP contribution is 2.36. The average Bonchev–Trinajstić information content (AvgIpc) is 2.93. The number of hydrazine groups is 1. The molecule has 1 fully saturated rings. The minimum absolute atomic E-state index is 0.0785. The highest BCUT2D eigenvalue weighted by molar-refractivity contribution is 5.95. The van der Waals surface area contributed by atoms with Crippen molar-refractivity contribution in [2.24, 2.45) is 0 Å². The molecular weight excluding hydrogens is 488 g/mol. The normalized spacial score (nSPS) is 13.9. The zero-order valence-electron chi connectivity index (χ0n) is 21.9. The number of carbonyl (C=O) groups excluding carboxylic acids is 2. The van der Waals surface area contributed by atoms with Gasteiger partial charge in [0, 0.05) is 36.0 Å². The van der Waals surface area contributed by atoms with E-state index in [2.05, 4.69) is 29.3 Å². The molecule has 3 rings (SSSR count). The summed E-state index contributed by atoms with van der Waals surface area (Å²) in [6.45, 7) is 14.1. The Hall–Kier alpha value is -3.86. The fourth-order valence-corrected chi connectivity index (χ4v) is 3.83. The van der Waals surface area contributed by atoms with Gasteiger partial charge in [0.25, 0.3) is 5.91 Å². The van der Waals surface area contributed by atoms with E-state index in [4.69, 9.17) is 14.2 Å². The molecule has 0 saturated carbocycles. The zero-order chi connectivity index (χ0) is 27.5. The molecule has 0 spiro atoms. The van der Waals surface area contributed by atoms with Gasteiger partial charge in [-0.05, 0) is 41.8 Å². The second-order valence-corrected chi connectivity index (χ2v) is 8.89. The molecule has 3 amide bonds. The molecule has 1 aliphatic heterocycles. The van der Waals surface area contributed by atoms with Crippen LogP contribution in [0.3, 0.4) is 0 Å². The van der Waals surface area contributed by atoms with Crippen LogP contribution in [0, 0.1) is 0 Å². The van der Waals surface area contributed by atoms with E-state index in [1.807, 2.05) is 13.8 Å². The van der Waals surface area contributed by atoms with E-state index in [0.29, 0.717) is 61.2 Å². The van der Waals surface area contributed by atoms with Gasteiger partial charge in [-0.3, -0.25) is 10.2 Å². The number of benzene rings is 2. The molecule has 1 atom stereocenters. The molecule has 0 bridgehead atoms. The van der Waals surface area contributed by atoms with Crippen molar-refractivity contribution < 1.29 is 28.9 Å². The number of urea groups is 1. The topological polar surface area (TPSA) is 121 Å². The van der Waals surface area contributed by atoms with Crippen molar-refractivity contribution in [3.05, 3.63) is 78.4 Å². The lowest BCUT2D eigenvalue weighted by Gasteiger charge is -2.26. The molecule has 204 valence electrons. The zero-order valence-corrected chi connectivity index (χ0v) is 21.9. The molecule has 4 N–H and O–H groups in total. The SMILES string of the molecule is C=CCOc1cc(OCC=C)c(C(O)NNC(=O)Nc2ccc(C(=O)N3CCOCC3)cc2)cc1C(C)C. The van der Waals surface area contributed by atoms with Crippen LogP contribution >= 0.6 is 0 Å². The van der Waals surface area contributed by atoms with Crippen LogP contribution in [0.1, 0.15) is 47.5 Å².